The van der Waals surface area contributed by atoms with Gasteiger partial charge in [0, 0.05) is 13.0 Å². The normalized spacial score (nSPS) is 13.0. The summed E-state index contributed by atoms with van der Waals surface area (Å²) in [4.78, 5) is 5.85. The summed E-state index contributed by atoms with van der Waals surface area (Å²) in [5.74, 6) is 1.17. The van der Waals surface area contributed by atoms with Crippen molar-refractivity contribution in [1.82, 2.24) is 0 Å². The Kier molecular flexibility index (Phi) is 9.57. The minimum atomic E-state index is -6.00. The first-order chi connectivity index (χ1) is 15.4. The highest BCUT2D eigenvalue weighted by Crippen LogP contribution is 2.45. The van der Waals surface area contributed by atoms with E-state index in [0.29, 0.717) is 0 Å². The molecule has 1 heterocycles. The van der Waals surface area contributed by atoms with Crippen molar-refractivity contribution >= 4 is 29.9 Å². The summed E-state index contributed by atoms with van der Waals surface area (Å²) in [7, 11) is -5.83. The van der Waals surface area contributed by atoms with E-state index in [1.807, 2.05) is 11.8 Å². The van der Waals surface area contributed by atoms with Crippen molar-refractivity contribution in [3.05, 3.63) is 84.4 Å². The van der Waals surface area contributed by atoms with Gasteiger partial charge in [0.1, 0.15) is 5.75 Å². The number of rotatable bonds is 8. The molecule has 8 heteroatoms. The molecule has 170 valence electrons. The molecule has 0 aliphatic carbocycles. The predicted octanol–water partition coefficient (Wildman–Crippen LogP) is 7.53. The third-order valence-electron chi connectivity index (χ3n) is 4.68. The summed E-state index contributed by atoms with van der Waals surface area (Å²) in [6.07, 6.45) is 3.31. The summed E-state index contributed by atoms with van der Waals surface area (Å²) in [5, 5.41) is 0. The van der Waals surface area contributed by atoms with Crippen LogP contribution in [0.5, 0.6) is 0 Å². The second-order valence-corrected chi connectivity index (χ2v) is 10.3. The van der Waals surface area contributed by atoms with Gasteiger partial charge in [-0.05, 0) is 42.7 Å². The Morgan fingerprint density at radius 1 is 0.688 bits per heavy atom. The Balaban J connectivity index is 0.000000523. The fourth-order valence-corrected chi connectivity index (χ4v) is 7.28. The summed E-state index contributed by atoms with van der Waals surface area (Å²) in [5.41, 5.74) is 1.40. The average Bonchev–Trinajstić information content (AvgIpc) is 2.77. The lowest BCUT2D eigenvalue weighted by Crippen LogP contribution is -2.15. The first kappa shape index (κ1) is 24.7. The van der Waals surface area contributed by atoms with Crippen molar-refractivity contribution in [2.45, 2.75) is 38.8 Å². The van der Waals surface area contributed by atoms with Crippen LogP contribution in [-0.2, 0) is 22.1 Å². The van der Waals surface area contributed by atoms with Gasteiger partial charge in [-0.15, -0.1) is 0 Å². The van der Waals surface area contributed by atoms with Gasteiger partial charge in [-0.25, -0.2) is 0 Å². The van der Waals surface area contributed by atoms with Crippen LogP contribution in [-0.4, -0.2) is 26.2 Å². The third-order valence-corrected chi connectivity index (χ3v) is 8.56. The zero-order valence-electron chi connectivity index (χ0n) is 17.6. The Labute approximate surface area is 194 Å². The van der Waals surface area contributed by atoms with Crippen molar-refractivity contribution in [1.29, 1.82) is 0 Å². The molecule has 1 nitrogen and oxygen atoms in total. The summed E-state index contributed by atoms with van der Waals surface area (Å²) in [6, 6.07) is 28.4. The zero-order chi connectivity index (χ0) is 22.8. The molecule has 0 amide bonds. The maximum Gasteiger partial charge on any atom is 0.673 e. The van der Waals surface area contributed by atoms with Crippen LogP contribution in [0.15, 0.2) is 98.4 Å². The number of ether oxygens (including phenoxy) is 1. The molecule has 0 saturated carbocycles. The Bertz CT molecular complexity index is 918. The highest BCUT2D eigenvalue weighted by Gasteiger charge is 2.34. The maximum absolute atomic E-state index is 9.75. The molecule has 0 spiro atoms. The predicted molar refractivity (Wildman–Crippen MR) is 126 cm³/mol. The molecular formula is C24H25BF4OS2. The average molecular weight is 480 g/mol. The lowest BCUT2D eigenvalue weighted by atomic mass is 10.1. The summed E-state index contributed by atoms with van der Waals surface area (Å²) in [6.45, 7) is 1.71. The fourth-order valence-electron chi connectivity index (χ4n) is 3.36. The van der Waals surface area contributed by atoms with Crippen molar-refractivity contribution in [2.75, 3.05) is 19.0 Å². The van der Waals surface area contributed by atoms with E-state index in [0.717, 1.165) is 32.5 Å². The maximum atomic E-state index is 9.75. The van der Waals surface area contributed by atoms with Gasteiger partial charge >= 0.3 is 7.25 Å². The van der Waals surface area contributed by atoms with Crippen molar-refractivity contribution in [3.63, 3.8) is 0 Å². The van der Waals surface area contributed by atoms with E-state index in [2.05, 4.69) is 78.9 Å². The Morgan fingerprint density at radius 2 is 1.19 bits per heavy atom. The van der Waals surface area contributed by atoms with Crippen molar-refractivity contribution in [2.24, 2.45) is 0 Å². The molecule has 0 atom stereocenters. The van der Waals surface area contributed by atoms with Crippen LogP contribution in [0.1, 0.15) is 18.4 Å². The minimum absolute atomic E-state index is 0.168. The largest absolute Gasteiger partial charge is 0.673 e. The number of aryl methyl sites for hydroxylation is 1. The van der Waals surface area contributed by atoms with E-state index in [9.17, 15) is 17.3 Å². The van der Waals surface area contributed by atoms with E-state index in [-0.39, 0.29) is 10.9 Å². The van der Waals surface area contributed by atoms with Gasteiger partial charge in [-0.3, -0.25) is 0 Å². The van der Waals surface area contributed by atoms with Gasteiger partial charge in [-0.1, -0.05) is 66.4 Å². The van der Waals surface area contributed by atoms with Crippen LogP contribution in [0, 0.1) is 0 Å². The van der Waals surface area contributed by atoms with Gasteiger partial charge in [0.25, 0.3) is 0 Å². The van der Waals surface area contributed by atoms with Crippen LogP contribution >= 0.6 is 11.8 Å². The molecule has 0 fully saturated rings. The molecule has 3 aromatic carbocycles. The number of fused-ring (bicyclic) bond motifs is 2. The van der Waals surface area contributed by atoms with Crippen LogP contribution in [0.3, 0.4) is 0 Å². The SMILES string of the molecule is F[B-](F)(F)F.c1ccc(CCCOCCC[S+]2c3ccccc3Sc3ccccc32)cc1. The van der Waals surface area contributed by atoms with E-state index in [1.165, 1.54) is 30.9 Å². The molecule has 1 aliphatic heterocycles. The molecule has 3 aromatic rings. The lowest BCUT2D eigenvalue weighted by Gasteiger charge is -2.19. The van der Waals surface area contributed by atoms with Crippen LogP contribution in [0.2, 0.25) is 0 Å². The number of benzene rings is 3. The molecule has 4 rings (SSSR count). The van der Waals surface area contributed by atoms with Gasteiger partial charge in [0.05, 0.1) is 27.3 Å². The van der Waals surface area contributed by atoms with E-state index >= 15 is 0 Å². The van der Waals surface area contributed by atoms with Crippen molar-refractivity contribution in [3.8, 4) is 0 Å². The smallest absolute Gasteiger partial charge is 0.418 e. The van der Waals surface area contributed by atoms with Gasteiger partial charge < -0.3 is 22.0 Å². The van der Waals surface area contributed by atoms with E-state index in [4.69, 9.17) is 4.74 Å². The molecule has 1 aliphatic rings. The monoisotopic (exact) mass is 480 g/mol. The Hall–Kier alpha value is -1.90. The number of hydrogen-bond acceptors (Lipinski definition) is 2. The number of halogens is 4. The minimum Gasteiger partial charge on any atom is -0.418 e. The Morgan fingerprint density at radius 3 is 1.78 bits per heavy atom. The first-order valence-electron chi connectivity index (χ1n) is 10.5. The van der Waals surface area contributed by atoms with E-state index in [1.54, 1.807) is 0 Å². The van der Waals surface area contributed by atoms with Gasteiger partial charge in [0.15, 0.2) is 9.79 Å². The molecular weight excluding hydrogens is 455 g/mol. The highest BCUT2D eigenvalue weighted by atomic mass is 32.2. The topological polar surface area (TPSA) is 9.23 Å². The lowest BCUT2D eigenvalue weighted by molar-refractivity contribution is 0.133. The fraction of sp³-hybridized carbons (Fsp3) is 0.250. The van der Waals surface area contributed by atoms with Gasteiger partial charge in [0.2, 0.25) is 0 Å². The van der Waals surface area contributed by atoms with E-state index < -0.39 is 7.25 Å². The zero-order valence-corrected chi connectivity index (χ0v) is 19.2. The molecule has 0 aromatic heterocycles. The molecule has 0 N–H and O–H groups in total. The van der Waals surface area contributed by atoms with Gasteiger partial charge in [-0.2, -0.15) is 0 Å². The summed E-state index contributed by atoms with van der Waals surface area (Å²) < 4.78 is 44.9. The molecule has 32 heavy (non-hydrogen) atoms. The third kappa shape index (κ3) is 8.22. The first-order valence-corrected chi connectivity index (χ1v) is 12.7. The van der Waals surface area contributed by atoms with Crippen molar-refractivity contribution < 1.29 is 22.0 Å². The molecule has 0 radical (unpaired) electrons. The highest BCUT2D eigenvalue weighted by molar-refractivity contribution is 8.04. The number of hydrogen-bond donors (Lipinski definition) is 0. The summed E-state index contributed by atoms with van der Waals surface area (Å²) >= 11 is 1.91. The molecule has 0 unspecified atom stereocenters. The molecule has 0 saturated heterocycles. The molecule has 0 bridgehead atoms. The van der Waals surface area contributed by atoms with Crippen LogP contribution in [0.25, 0.3) is 0 Å². The second-order valence-electron chi connectivity index (χ2n) is 7.14. The standard InChI is InChI=1S/C24H25OS2.BF4/c1-2-10-20(11-3-1)12-8-17-25-18-9-19-27-23-15-6-4-13-21(23)26-22-14-5-7-16-24(22)27;2-1(3,4)5/h1-7,10-11,13-16H,8-9,12,17-19H2;/q+1;-1. The van der Waals surface area contributed by atoms with Crippen LogP contribution < -0.4 is 0 Å². The quantitative estimate of drug-likeness (QED) is 0.143. The second kappa shape index (κ2) is 12.4. The van der Waals surface area contributed by atoms with Crippen LogP contribution in [0.4, 0.5) is 17.3 Å².